The van der Waals surface area contributed by atoms with Crippen molar-refractivity contribution in [2.24, 2.45) is 7.05 Å². The molecule has 5 rings (SSSR count). The van der Waals surface area contributed by atoms with Crippen LogP contribution >= 0.6 is 0 Å². The van der Waals surface area contributed by atoms with E-state index in [9.17, 15) is 13.2 Å². The number of nitrogens with zero attached hydrogens (tertiary/aromatic N) is 3. The van der Waals surface area contributed by atoms with Crippen molar-refractivity contribution in [2.45, 2.75) is 29.2 Å². The van der Waals surface area contributed by atoms with Gasteiger partial charge in [0.15, 0.2) is 0 Å². The maximum Gasteiger partial charge on any atom is 0.234 e. The van der Waals surface area contributed by atoms with Gasteiger partial charge in [0, 0.05) is 43.7 Å². The highest BCUT2D eigenvalue weighted by atomic mass is 32.2. The van der Waals surface area contributed by atoms with Gasteiger partial charge in [-0.3, -0.25) is 4.79 Å². The van der Waals surface area contributed by atoms with Gasteiger partial charge in [0.05, 0.1) is 11.2 Å². The molecule has 0 aliphatic carbocycles. The van der Waals surface area contributed by atoms with Gasteiger partial charge in [0.25, 0.3) is 0 Å². The van der Waals surface area contributed by atoms with Gasteiger partial charge in [-0.1, -0.05) is 36.4 Å². The summed E-state index contributed by atoms with van der Waals surface area (Å²) in [6, 6.07) is 15.2. The van der Waals surface area contributed by atoms with Crippen LogP contribution in [0.15, 0.2) is 66.1 Å². The molecular formula is C23H23N3O4S. The third-order valence-electron chi connectivity index (χ3n) is 6.15. The molecule has 0 spiro atoms. The van der Waals surface area contributed by atoms with E-state index < -0.39 is 21.0 Å². The number of carbonyl (C=O) groups excluding carboxylic acids is 1. The van der Waals surface area contributed by atoms with Crippen LogP contribution < -0.4 is 4.74 Å². The maximum atomic E-state index is 13.6. The average Bonchev–Trinajstić information content (AvgIpc) is 3.24. The average molecular weight is 438 g/mol. The van der Waals surface area contributed by atoms with E-state index in [4.69, 9.17) is 4.74 Å². The summed E-state index contributed by atoms with van der Waals surface area (Å²) >= 11 is 0. The lowest BCUT2D eigenvalue weighted by Crippen LogP contribution is -2.45. The number of aryl methyl sites for hydroxylation is 1. The summed E-state index contributed by atoms with van der Waals surface area (Å²) in [4.78, 5) is 19.4. The molecule has 2 aromatic carbocycles. The number of hydrogen-bond acceptors (Lipinski definition) is 5. The Hall–Kier alpha value is -3.13. The number of ether oxygens (including phenoxy) is 1. The van der Waals surface area contributed by atoms with Gasteiger partial charge >= 0.3 is 0 Å². The number of piperidine rings is 1. The molecule has 1 amide bonds. The van der Waals surface area contributed by atoms with Crippen LogP contribution in [0.4, 0.5) is 0 Å². The molecule has 2 aliphatic heterocycles. The second-order valence-corrected chi connectivity index (χ2v) is 10.1. The fraction of sp³-hybridized carbons (Fsp3) is 0.304. The highest BCUT2D eigenvalue weighted by molar-refractivity contribution is 7.91. The molecule has 1 aromatic heterocycles. The van der Waals surface area contributed by atoms with Crippen LogP contribution in [-0.4, -0.2) is 47.1 Å². The van der Waals surface area contributed by atoms with E-state index in [1.54, 1.807) is 18.1 Å². The number of amides is 1. The number of sulfone groups is 1. The Kier molecular flexibility index (Phi) is 4.81. The third-order valence-corrected chi connectivity index (χ3v) is 8.40. The molecule has 0 saturated carbocycles. The minimum atomic E-state index is -3.53. The van der Waals surface area contributed by atoms with E-state index in [-0.39, 0.29) is 11.1 Å². The zero-order valence-corrected chi connectivity index (χ0v) is 18.0. The van der Waals surface area contributed by atoms with Crippen molar-refractivity contribution < 1.29 is 17.9 Å². The van der Waals surface area contributed by atoms with Crippen molar-refractivity contribution in [3.63, 3.8) is 0 Å². The van der Waals surface area contributed by atoms with Crippen LogP contribution in [0.1, 0.15) is 29.9 Å². The zero-order valence-electron chi connectivity index (χ0n) is 17.1. The number of carbonyl (C=O) groups is 1. The molecule has 3 heterocycles. The first kappa shape index (κ1) is 19.8. The first-order chi connectivity index (χ1) is 15.0. The van der Waals surface area contributed by atoms with Gasteiger partial charge in [-0.05, 0) is 25.0 Å². The Morgan fingerprint density at radius 1 is 1.00 bits per heavy atom. The van der Waals surface area contributed by atoms with Crippen LogP contribution in [0.3, 0.4) is 0 Å². The Morgan fingerprint density at radius 3 is 2.13 bits per heavy atom. The lowest BCUT2D eigenvalue weighted by Gasteiger charge is -2.36. The van der Waals surface area contributed by atoms with E-state index in [0.717, 1.165) is 11.1 Å². The summed E-state index contributed by atoms with van der Waals surface area (Å²) in [7, 11) is -1.85. The largest absolute Gasteiger partial charge is 0.457 e. The van der Waals surface area contributed by atoms with E-state index in [0.29, 0.717) is 37.4 Å². The number of aromatic nitrogens is 2. The number of benzene rings is 2. The standard InChI is InChI=1S/C23H23N3O4S/c1-25-15-12-24-23(25)31(28,29)16-10-13-26(14-11-16)22(27)21-17-6-2-4-8-19(17)30-20-9-5-3-7-18(20)21/h2-9,12,15-16,21H,10-11,13-14H2,1H3. The first-order valence-electron chi connectivity index (χ1n) is 10.3. The maximum absolute atomic E-state index is 13.6. The van der Waals surface area contributed by atoms with Crippen LogP contribution in [0.2, 0.25) is 0 Å². The number of hydrogen-bond donors (Lipinski definition) is 0. The smallest absolute Gasteiger partial charge is 0.234 e. The fourth-order valence-electron chi connectivity index (χ4n) is 4.52. The summed E-state index contributed by atoms with van der Waals surface area (Å²) in [6.45, 7) is 0.795. The summed E-state index contributed by atoms with van der Waals surface area (Å²) < 4.78 is 33.5. The van der Waals surface area contributed by atoms with Crippen molar-refractivity contribution in [1.82, 2.24) is 14.5 Å². The van der Waals surface area contributed by atoms with E-state index >= 15 is 0 Å². The van der Waals surface area contributed by atoms with E-state index in [1.165, 1.54) is 10.8 Å². The molecule has 3 aromatic rings. The molecule has 2 aliphatic rings. The minimum Gasteiger partial charge on any atom is -0.457 e. The van der Waals surface area contributed by atoms with Gasteiger partial charge in [-0.15, -0.1) is 0 Å². The molecule has 0 N–H and O–H groups in total. The van der Waals surface area contributed by atoms with Crippen molar-refractivity contribution in [3.05, 3.63) is 72.1 Å². The predicted molar refractivity (Wildman–Crippen MR) is 115 cm³/mol. The van der Waals surface area contributed by atoms with E-state index in [1.807, 2.05) is 48.5 Å². The first-order valence-corrected chi connectivity index (χ1v) is 11.9. The number of fused-ring (bicyclic) bond motifs is 2. The van der Waals surface area contributed by atoms with Crippen LogP contribution in [0.5, 0.6) is 11.5 Å². The normalized spacial score (nSPS) is 17.0. The molecule has 0 unspecified atom stereocenters. The zero-order chi connectivity index (χ0) is 21.6. The monoisotopic (exact) mass is 437 g/mol. The number of imidazole rings is 1. The van der Waals surface area contributed by atoms with Crippen molar-refractivity contribution in [3.8, 4) is 11.5 Å². The van der Waals surface area contributed by atoms with Crippen LogP contribution in [-0.2, 0) is 21.7 Å². The Bertz CT molecular complexity index is 1200. The molecule has 0 atom stereocenters. The molecule has 8 heteroatoms. The summed E-state index contributed by atoms with van der Waals surface area (Å²) in [5, 5.41) is -0.448. The van der Waals surface area contributed by atoms with Crippen molar-refractivity contribution >= 4 is 15.7 Å². The number of rotatable bonds is 3. The lowest BCUT2D eigenvalue weighted by atomic mass is 9.86. The number of para-hydroxylation sites is 2. The summed E-state index contributed by atoms with van der Waals surface area (Å²) in [6.07, 6.45) is 3.91. The molecule has 0 radical (unpaired) electrons. The highest BCUT2D eigenvalue weighted by Crippen LogP contribution is 2.45. The van der Waals surface area contributed by atoms with Crippen molar-refractivity contribution in [2.75, 3.05) is 13.1 Å². The summed E-state index contributed by atoms with van der Waals surface area (Å²) in [5.41, 5.74) is 1.68. The minimum absolute atomic E-state index is 0.0176. The molecule has 1 saturated heterocycles. The van der Waals surface area contributed by atoms with Crippen LogP contribution in [0.25, 0.3) is 0 Å². The molecule has 160 valence electrons. The van der Waals surface area contributed by atoms with Gasteiger partial charge in [0.2, 0.25) is 20.9 Å². The second kappa shape index (κ2) is 7.53. The fourth-order valence-corrected chi connectivity index (χ4v) is 6.32. The van der Waals surface area contributed by atoms with Gasteiger partial charge in [-0.2, -0.15) is 0 Å². The third kappa shape index (κ3) is 3.31. The second-order valence-electron chi connectivity index (χ2n) is 8.00. The van der Waals surface area contributed by atoms with Gasteiger partial charge in [0.1, 0.15) is 11.5 Å². The van der Waals surface area contributed by atoms with Gasteiger partial charge < -0.3 is 14.2 Å². The topological polar surface area (TPSA) is 81.5 Å². The molecule has 31 heavy (non-hydrogen) atoms. The Balaban J connectivity index is 1.39. The molecule has 7 nitrogen and oxygen atoms in total. The summed E-state index contributed by atoms with van der Waals surface area (Å²) in [5.74, 6) is 0.901. The molecule has 0 bridgehead atoms. The quantitative estimate of drug-likeness (QED) is 0.629. The van der Waals surface area contributed by atoms with Gasteiger partial charge in [-0.25, -0.2) is 13.4 Å². The SMILES string of the molecule is Cn1ccnc1S(=O)(=O)C1CCN(C(=O)C2c3ccccc3Oc3ccccc32)CC1. The van der Waals surface area contributed by atoms with Crippen molar-refractivity contribution in [1.29, 1.82) is 0 Å². The lowest BCUT2D eigenvalue weighted by molar-refractivity contribution is -0.132. The Morgan fingerprint density at radius 2 is 1.58 bits per heavy atom. The van der Waals surface area contributed by atoms with Crippen LogP contribution in [0, 0.1) is 0 Å². The predicted octanol–water partition coefficient (Wildman–Crippen LogP) is 3.12. The highest BCUT2D eigenvalue weighted by Gasteiger charge is 2.39. The molecular weight excluding hydrogens is 414 g/mol. The molecule has 1 fully saturated rings. The Labute approximate surface area is 181 Å². The van der Waals surface area contributed by atoms with E-state index in [2.05, 4.69) is 4.98 Å². The number of likely N-dealkylation sites (tertiary alicyclic amines) is 1.